The average molecular weight is 248 g/mol. The highest BCUT2D eigenvalue weighted by Gasteiger charge is 2.22. The third-order valence-corrected chi connectivity index (χ3v) is 3.49. The Morgan fingerprint density at radius 1 is 1.22 bits per heavy atom. The zero-order chi connectivity index (χ0) is 13.5. The Bertz CT molecular complexity index is 364. The molecule has 0 heterocycles. The molecule has 0 unspecified atom stereocenters. The minimum absolute atomic E-state index is 0.0498. The minimum Gasteiger partial charge on any atom is -0.348 e. The van der Waals surface area contributed by atoms with Gasteiger partial charge in [0.2, 0.25) is 5.91 Å². The van der Waals surface area contributed by atoms with Gasteiger partial charge >= 0.3 is 0 Å². The second-order valence-corrected chi connectivity index (χ2v) is 4.79. The van der Waals surface area contributed by atoms with Crippen molar-refractivity contribution in [1.29, 1.82) is 0 Å². The van der Waals surface area contributed by atoms with Crippen molar-refractivity contribution in [2.24, 2.45) is 11.7 Å². The number of nitrogens with two attached hydrogens (primary N) is 1. The maximum atomic E-state index is 12.0. The summed E-state index contributed by atoms with van der Waals surface area (Å²) in [6, 6.07) is 9.63. The third-order valence-electron chi connectivity index (χ3n) is 3.49. The van der Waals surface area contributed by atoms with Gasteiger partial charge in [-0.05, 0) is 17.9 Å². The van der Waals surface area contributed by atoms with E-state index in [4.69, 9.17) is 5.73 Å². The van der Waals surface area contributed by atoms with Gasteiger partial charge in [0.25, 0.3) is 0 Å². The predicted octanol–water partition coefficient (Wildman–Crippen LogP) is 2.63. The van der Waals surface area contributed by atoms with Crippen LogP contribution in [0.4, 0.5) is 0 Å². The van der Waals surface area contributed by atoms with Crippen LogP contribution in [-0.2, 0) is 4.79 Å². The number of carbonyl (C=O) groups is 1. The minimum atomic E-state index is -0.423. The Balaban J connectivity index is 2.67. The van der Waals surface area contributed by atoms with Crippen LogP contribution in [0.1, 0.15) is 45.2 Å². The standard InChI is InChI=1S/C15H24N2O/c1-4-11(3)14(16)15(18)17-13(5-2)12-9-7-6-8-10-12/h6-11,13-14H,4-5,16H2,1-3H3,(H,17,18)/t11-,13+,14-/m1/s1. The Morgan fingerprint density at radius 3 is 2.33 bits per heavy atom. The Kier molecular flexibility index (Phi) is 5.86. The summed E-state index contributed by atoms with van der Waals surface area (Å²) >= 11 is 0. The molecule has 3 atom stereocenters. The summed E-state index contributed by atoms with van der Waals surface area (Å²) in [6.45, 7) is 6.12. The van der Waals surface area contributed by atoms with Crippen molar-refractivity contribution in [1.82, 2.24) is 5.32 Å². The van der Waals surface area contributed by atoms with E-state index in [1.54, 1.807) is 0 Å². The van der Waals surface area contributed by atoms with E-state index in [1.807, 2.05) is 44.2 Å². The van der Waals surface area contributed by atoms with Gasteiger partial charge in [-0.2, -0.15) is 0 Å². The lowest BCUT2D eigenvalue weighted by molar-refractivity contribution is -0.124. The molecule has 1 amide bonds. The third kappa shape index (κ3) is 3.84. The average Bonchev–Trinajstić information content (AvgIpc) is 2.43. The second kappa shape index (κ2) is 7.17. The number of benzene rings is 1. The van der Waals surface area contributed by atoms with Gasteiger partial charge in [-0.1, -0.05) is 57.5 Å². The van der Waals surface area contributed by atoms with E-state index in [2.05, 4.69) is 12.2 Å². The molecule has 3 nitrogen and oxygen atoms in total. The first-order valence-electron chi connectivity index (χ1n) is 6.71. The summed E-state index contributed by atoms with van der Waals surface area (Å²) in [4.78, 5) is 12.0. The van der Waals surface area contributed by atoms with Crippen molar-refractivity contribution in [2.75, 3.05) is 0 Å². The number of amides is 1. The van der Waals surface area contributed by atoms with Crippen LogP contribution in [-0.4, -0.2) is 11.9 Å². The van der Waals surface area contributed by atoms with E-state index in [9.17, 15) is 4.79 Å². The van der Waals surface area contributed by atoms with Crippen molar-refractivity contribution < 1.29 is 4.79 Å². The van der Waals surface area contributed by atoms with Crippen LogP contribution in [0.3, 0.4) is 0 Å². The number of hydrogen-bond donors (Lipinski definition) is 2. The highest BCUT2D eigenvalue weighted by atomic mass is 16.2. The first-order valence-corrected chi connectivity index (χ1v) is 6.71. The van der Waals surface area contributed by atoms with Gasteiger partial charge in [-0.25, -0.2) is 0 Å². The number of nitrogens with one attached hydrogen (secondary N) is 1. The molecule has 1 aromatic rings. The summed E-state index contributed by atoms with van der Waals surface area (Å²) in [6.07, 6.45) is 1.78. The lowest BCUT2D eigenvalue weighted by atomic mass is 9.98. The van der Waals surface area contributed by atoms with Crippen molar-refractivity contribution >= 4 is 5.91 Å². The van der Waals surface area contributed by atoms with Crippen LogP contribution >= 0.6 is 0 Å². The second-order valence-electron chi connectivity index (χ2n) is 4.79. The van der Waals surface area contributed by atoms with Crippen LogP contribution in [0.2, 0.25) is 0 Å². The van der Waals surface area contributed by atoms with Crippen molar-refractivity contribution in [3.05, 3.63) is 35.9 Å². The monoisotopic (exact) mass is 248 g/mol. The molecule has 0 aliphatic carbocycles. The van der Waals surface area contributed by atoms with Crippen LogP contribution in [0.15, 0.2) is 30.3 Å². The van der Waals surface area contributed by atoms with Gasteiger partial charge in [-0.15, -0.1) is 0 Å². The highest BCUT2D eigenvalue weighted by molar-refractivity contribution is 5.82. The summed E-state index contributed by atoms with van der Waals surface area (Å²) in [5.74, 6) is 0.151. The maximum absolute atomic E-state index is 12.0. The first-order chi connectivity index (χ1) is 8.60. The lowest BCUT2D eigenvalue weighted by Gasteiger charge is -2.23. The number of hydrogen-bond acceptors (Lipinski definition) is 2. The van der Waals surface area contributed by atoms with Gasteiger partial charge in [0.15, 0.2) is 0 Å². The molecule has 0 fully saturated rings. The molecule has 1 rings (SSSR count). The summed E-state index contributed by atoms with van der Waals surface area (Å²) in [5, 5.41) is 3.03. The Hall–Kier alpha value is -1.35. The number of rotatable bonds is 6. The molecule has 0 saturated carbocycles. The topological polar surface area (TPSA) is 55.1 Å². The zero-order valence-corrected chi connectivity index (χ0v) is 11.5. The summed E-state index contributed by atoms with van der Waals surface area (Å²) in [5.41, 5.74) is 7.07. The van der Waals surface area contributed by atoms with Crippen molar-refractivity contribution in [2.45, 2.75) is 45.7 Å². The zero-order valence-electron chi connectivity index (χ0n) is 11.5. The van der Waals surface area contributed by atoms with Gasteiger partial charge in [0.1, 0.15) is 0 Å². The van der Waals surface area contributed by atoms with E-state index in [-0.39, 0.29) is 17.9 Å². The van der Waals surface area contributed by atoms with Crippen LogP contribution in [0.5, 0.6) is 0 Å². The molecule has 0 aliphatic heterocycles. The van der Waals surface area contributed by atoms with E-state index in [1.165, 1.54) is 0 Å². The van der Waals surface area contributed by atoms with E-state index in [0.29, 0.717) is 0 Å². The normalized spacial score (nSPS) is 15.8. The van der Waals surface area contributed by atoms with Gasteiger partial charge in [-0.3, -0.25) is 4.79 Å². The molecule has 0 bridgehead atoms. The molecule has 0 saturated heterocycles. The van der Waals surface area contributed by atoms with E-state index in [0.717, 1.165) is 18.4 Å². The first kappa shape index (κ1) is 14.7. The van der Waals surface area contributed by atoms with Crippen molar-refractivity contribution in [3.8, 4) is 0 Å². The molecule has 0 radical (unpaired) electrons. The molecule has 3 N–H and O–H groups in total. The molecule has 1 aromatic carbocycles. The lowest BCUT2D eigenvalue weighted by Crippen LogP contribution is -2.45. The van der Waals surface area contributed by atoms with Crippen molar-refractivity contribution in [3.63, 3.8) is 0 Å². The Labute approximate surface area is 110 Å². The largest absolute Gasteiger partial charge is 0.348 e. The molecule has 0 spiro atoms. The molecule has 100 valence electrons. The Morgan fingerprint density at radius 2 is 1.83 bits per heavy atom. The fourth-order valence-corrected chi connectivity index (χ4v) is 1.89. The molecule has 3 heteroatoms. The van der Waals surface area contributed by atoms with Gasteiger partial charge in [0, 0.05) is 0 Å². The van der Waals surface area contributed by atoms with Gasteiger partial charge in [0.05, 0.1) is 12.1 Å². The van der Waals surface area contributed by atoms with E-state index < -0.39 is 6.04 Å². The van der Waals surface area contributed by atoms with Crippen LogP contribution < -0.4 is 11.1 Å². The molecule has 18 heavy (non-hydrogen) atoms. The van der Waals surface area contributed by atoms with Crippen LogP contribution in [0, 0.1) is 5.92 Å². The molecule has 0 aromatic heterocycles. The predicted molar refractivity (Wildman–Crippen MR) is 75.0 cm³/mol. The molecular weight excluding hydrogens is 224 g/mol. The number of carbonyl (C=O) groups excluding carboxylic acids is 1. The molecular formula is C15H24N2O. The maximum Gasteiger partial charge on any atom is 0.237 e. The smallest absolute Gasteiger partial charge is 0.237 e. The molecule has 0 aliphatic rings. The van der Waals surface area contributed by atoms with Gasteiger partial charge < -0.3 is 11.1 Å². The summed E-state index contributed by atoms with van der Waals surface area (Å²) < 4.78 is 0. The SMILES string of the molecule is CC[C@H](NC(=O)[C@H](N)[C@H](C)CC)c1ccccc1. The van der Waals surface area contributed by atoms with Crippen LogP contribution in [0.25, 0.3) is 0 Å². The van der Waals surface area contributed by atoms with E-state index >= 15 is 0 Å². The quantitative estimate of drug-likeness (QED) is 0.813. The summed E-state index contributed by atoms with van der Waals surface area (Å²) in [7, 11) is 0. The highest BCUT2D eigenvalue weighted by Crippen LogP contribution is 2.16. The fraction of sp³-hybridized carbons (Fsp3) is 0.533. The fourth-order valence-electron chi connectivity index (χ4n) is 1.89.